The molecule has 1 saturated heterocycles. The average Bonchev–Trinajstić information content (AvgIpc) is 3.31. The smallest absolute Gasteiger partial charge is 0.230 e. The minimum absolute atomic E-state index is 0.00470. The zero-order valence-corrected chi connectivity index (χ0v) is 20.6. The minimum Gasteiger partial charge on any atom is -0.352 e. The molecule has 3 atom stereocenters. The Kier molecular flexibility index (Phi) is 7.23. The van der Waals surface area contributed by atoms with Crippen molar-refractivity contribution in [3.63, 3.8) is 0 Å². The van der Waals surface area contributed by atoms with Crippen LogP contribution >= 0.6 is 11.6 Å². The third-order valence-electron chi connectivity index (χ3n) is 7.35. The van der Waals surface area contributed by atoms with E-state index in [1.807, 2.05) is 47.4 Å². The van der Waals surface area contributed by atoms with E-state index in [1.54, 1.807) is 0 Å². The summed E-state index contributed by atoms with van der Waals surface area (Å²) < 4.78 is 0. The number of halogens is 1. The van der Waals surface area contributed by atoms with Crippen LogP contribution in [0, 0.1) is 5.92 Å². The van der Waals surface area contributed by atoms with Gasteiger partial charge in [0.05, 0.1) is 5.92 Å². The molecule has 35 heavy (non-hydrogen) atoms. The maximum Gasteiger partial charge on any atom is 0.230 e. The van der Waals surface area contributed by atoms with Gasteiger partial charge in [-0.3, -0.25) is 15.0 Å². The van der Waals surface area contributed by atoms with Crippen molar-refractivity contribution in [3.8, 4) is 0 Å². The molecule has 8 heteroatoms. The fourth-order valence-electron chi connectivity index (χ4n) is 5.51. The lowest BCUT2D eigenvalue weighted by Gasteiger charge is -2.50. The summed E-state index contributed by atoms with van der Waals surface area (Å²) in [6.07, 6.45) is 5.50. The molecule has 1 saturated carbocycles. The standard InChI is InChI=1S/C27H32ClN5O2/c28-22-12-6-4-10-20(22)18-29-25(34)15-14-24-30-31-27-32(17-16-19-8-2-1-3-9-19)26(35)21-11-5-7-13-23(21)33(24)27/h1-4,6,8-10,12,21,23,27,31H,5,7,11,13-18H2,(H,29,34). The van der Waals surface area contributed by atoms with E-state index in [4.69, 9.17) is 11.6 Å². The van der Waals surface area contributed by atoms with Gasteiger partial charge in [0.25, 0.3) is 0 Å². The summed E-state index contributed by atoms with van der Waals surface area (Å²) in [6.45, 7) is 1.05. The van der Waals surface area contributed by atoms with Crippen molar-refractivity contribution >= 4 is 29.3 Å². The molecule has 2 heterocycles. The number of rotatable bonds is 8. The molecule has 0 spiro atoms. The van der Waals surface area contributed by atoms with Crippen LogP contribution in [0.5, 0.6) is 0 Å². The fourth-order valence-corrected chi connectivity index (χ4v) is 5.72. The van der Waals surface area contributed by atoms with E-state index in [-0.39, 0.29) is 30.1 Å². The van der Waals surface area contributed by atoms with Crippen molar-refractivity contribution in [2.75, 3.05) is 6.54 Å². The molecule has 0 bridgehead atoms. The number of carbonyl (C=O) groups is 2. The Morgan fingerprint density at radius 3 is 2.66 bits per heavy atom. The van der Waals surface area contributed by atoms with E-state index < -0.39 is 0 Å². The molecule has 1 aliphatic carbocycles. The van der Waals surface area contributed by atoms with Crippen LogP contribution in [0.4, 0.5) is 0 Å². The van der Waals surface area contributed by atoms with Crippen molar-refractivity contribution in [3.05, 3.63) is 70.7 Å². The highest BCUT2D eigenvalue weighted by atomic mass is 35.5. The van der Waals surface area contributed by atoms with Gasteiger partial charge in [0.1, 0.15) is 5.84 Å². The van der Waals surface area contributed by atoms with Crippen molar-refractivity contribution < 1.29 is 9.59 Å². The van der Waals surface area contributed by atoms with E-state index in [1.165, 1.54) is 5.56 Å². The largest absolute Gasteiger partial charge is 0.352 e. The second-order valence-corrected chi connectivity index (χ2v) is 9.94. The fraction of sp³-hybridized carbons (Fsp3) is 0.444. The maximum atomic E-state index is 13.5. The first kappa shape index (κ1) is 23.7. The number of amidine groups is 1. The van der Waals surface area contributed by atoms with Gasteiger partial charge in [-0.25, -0.2) is 0 Å². The molecule has 184 valence electrons. The Labute approximate surface area is 211 Å². The van der Waals surface area contributed by atoms with E-state index >= 15 is 0 Å². The van der Waals surface area contributed by atoms with Crippen molar-refractivity contribution in [2.45, 2.75) is 63.8 Å². The van der Waals surface area contributed by atoms with Gasteiger partial charge in [0.15, 0.2) is 6.29 Å². The van der Waals surface area contributed by atoms with Gasteiger partial charge >= 0.3 is 0 Å². The lowest BCUT2D eigenvalue weighted by atomic mass is 9.80. The number of nitrogens with zero attached hydrogens (tertiary/aromatic N) is 3. The summed E-state index contributed by atoms with van der Waals surface area (Å²) in [6, 6.07) is 17.9. The molecule has 2 aliphatic heterocycles. The van der Waals surface area contributed by atoms with Gasteiger partial charge < -0.3 is 15.1 Å². The molecule has 3 unspecified atom stereocenters. The Morgan fingerprint density at radius 2 is 1.83 bits per heavy atom. The Hall–Kier alpha value is -3.06. The third kappa shape index (κ3) is 5.15. The molecule has 2 fully saturated rings. The van der Waals surface area contributed by atoms with Gasteiger partial charge in [-0.2, -0.15) is 5.10 Å². The number of carbonyl (C=O) groups excluding carboxylic acids is 2. The lowest BCUT2D eigenvalue weighted by Crippen LogP contribution is -2.67. The number of benzene rings is 2. The molecule has 2 aromatic rings. The highest BCUT2D eigenvalue weighted by molar-refractivity contribution is 6.31. The summed E-state index contributed by atoms with van der Waals surface area (Å²) in [5.74, 6) is 1.06. The minimum atomic E-state index is -0.272. The third-order valence-corrected chi connectivity index (χ3v) is 7.72. The highest BCUT2D eigenvalue weighted by Crippen LogP contribution is 2.37. The highest BCUT2D eigenvalue weighted by Gasteiger charge is 2.50. The van der Waals surface area contributed by atoms with Crippen LogP contribution in [0.1, 0.15) is 49.7 Å². The first-order valence-electron chi connectivity index (χ1n) is 12.6. The lowest BCUT2D eigenvalue weighted by molar-refractivity contribution is -0.155. The number of hydrazone groups is 1. The van der Waals surface area contributed by atoms with E-state index in [0.29, 0.717) is 31.0 Å². The van der Waals surface area contributed by atoms with Crippen LogP contribution in [0.2, 0.25) is 5.02 Å². The Bertz CT molecular complexity index is 1090. The van der Waals surface area contributed by atoms with E-state index in [2.05, 4.69) is 32.9 Å². The van der Waals surface area contributed by atoms with Crippen LogP contribution in [-0.2, 0) is 22.6 Å². The zero-order valence-electron chi connectivity index (χ0n) is 19.8. The second kappa shape index (κ2) is 10.7. The van der Waals surface area contributed by atoms with Crippen LogP contribution in [0.25, 0.3) is 0 Å². The van der Waals surface area contributed by atoms with Gasteiger partial charge in [-0.05, 0) is 36.5 Å². The molecule has 3 aliphatic rings. The van der Waals surface area contributed by atoms with Crippen LogP contribution in [0.3, 0.4) is 0 Å². The van der Waals surface area contributed by atoms with Gasteiger partial charge in [0, 0.05) is 37.0 Å². The maximum absolute atomic E-state index is 13.5. The number of amides is 2. The quantitative estimate of drug-likeness (QED) is 0.585. The molecule has 7 nitrogen and oxygen atoms in total. The van der Waals surface area contributed by atoms with Crippen molar-refractivity contribution in [1.82, 2.24) is 20.5 Å². The predicted molar refractivity (Wildman–Crippen MR) is 136 cm³/mol. The number of nitrogens with one attached hydrogen (secondary N) is 2. The summed E-state index contributed by atoms with van der Waals surface area (Å²) >= 11 is 6.20. The number of hydrogen-bond acceptors (Lipinski definition) is 5. The summed E-state index contributed by atoms with van der Waals surface area (Å²) in [7, 11) is 0. The first-order chi connectivity index (χ1) is 17.1. The Balaban J connectivity index is 1.23. The van der Waals surface area contributed by atoms with Crippen molar-refractivity contribution in [2.24, 2.45) is 11.0 Å². The topological polar surface area (TPSA) is 77.0 Å². The Morgan fingerprint density at radius 1 is 1.06 bits per heavy atom. The molecular weight excluding hydrogens is 462 g/mol. The average molecular weight is 494 g/mol. The predicted octanol–water partition coefficient (Wildman–Crippen LogP) is 3.88. The number of fused-ring (bicyclic) bond motifs is 3. The normalized spacial score (nSPS) is 23.3. The SMILES string of the molecule is O=C(CCC1=NNC2N(CCc3ccccc3)C(=O)C3CCCCC3N12)NCc1ccccc1Cl. The van der Waals surface area contributed by atoms with Crippen LogP contribution < -0.4 is 10.7 Å². The summed E-state index contributed by atoms with van der Waals surface area (Å²) in [5.41, 5.74) is 5.33. The van der Waals surface area contributed by atoms with Crippen LogP contribution in [0.15, 0.2) is 59.7 Å². The monoisotopic (exact) mass is 493 g/mol. The zero-order chi connectivity index (χ0) is 24.2. The van der Waals surface area contributed by atoms with E-state index in [9.17, 15) is 9.59 Å². The van der Waals surface area contributed by atoms with Crippen molar-refractivity contribution in [1.29, 1.82) is 0 Å². The van der Waals surface area contributed by atoms with Gasteiger partial charge in [-0.1, -0.05) is 73.0 Å². The van der Waals surface area contributed by atoms with Gasteiger partial charge in [0.2, 0.25) is 11.8 Å². The first-order valence-corrected chi connectivity index (χ1v) is 12.9. The molecule has 2 aromatic carbocycles. The van der Waals surface area contributed by atoms with Crippen LogP contribution in [-0.4, -0.2) is 46.3 Å². The molecular formula is C27H32ClN5O2. The van der Waals surface area contributed by atoms with E-state index in [0.717, 1.165) is 43.5 Å². The molecule has 0 aromatic heterocycles. The molecule has 0 radical (unpaired) electrons. The summed E-state index contributed by atoms with van der Waals surface area (Å²) in [4.78, 5) is 30.3. The van der Waals surface area contributed by atoms with Gasteiger partial charge in [-0.15, -0.1) is 0 Å². The molecule has 2 N–H and O–H groups in total. The molecule has 5 rings (SSSR count). The molecule has 2 amide bonds. The second-order valence-electron chi connectivity index (χ2n) is 9.53. The number of hydrogen-bond donors (Lipinski definition) is 2. The summed E-state index contributed by atoms with van der Waals surface area (Å²) in [5, 5.41) is 8.23.